The van der Waals surface area contributed by atoms with Gasteiger partial charge in [-0.15, -0.1) is 0 Å². The van der Waals surface area contributed by atoms with Crippen LogP contribution >= 0.6 is 0 Å². The largest absolute Gasteiger partial charge is 0.492 e. The van der Waals surface area contributed by atoms with E-state index in [1.807, 2.05) is 35.3 Å². The summed E-state index contributed by atoms with van der Waals surface area (Å²) in [6, 6.07) is 16.1. The van der Waals surface area contributed by atoms with Crippen molar-refractivity contribution in [2.45, 2.75) is 6.54 Å². The van der Waals surface area contributed by atoms with E-state index in [2.05, 4.69) is 17.2 Å². The molecule has 3 rings (SSSR count). The molecule has 1 aromatic heterocycles. The van der Waals surface area contributed by atoms with Gasteiger partial charge in [0.2, 0.25) is 0 Å². The van der Waals surface area contributed by atoms with E-state index in [0.29, 0.717) is 18.9 Å². The molecule has 0 spiro atoms. The van der Waals surface area contributed by atoms with Crippen molar-refractivity contribution in [1.82, 2.24) is 9.78 Å². The molecule has 2 aromatic carbocycles. The molecule has 0 radical (unpaired) electrons. The molecule has 0 unspecified atom stereocenters. The monoisotopic (exact) mass is 282 g/mol. The number of nitrogens with zero attached hydrogens (tertiary/aromatic N) is 2. The Hall–Kier alpha value is -2.62. The Morgan fingerprint density at radius 2 is 1.71 bits per heavy atom. The summed E-state index contributed by atoms with van der Waals surface area (Å²) in [5, 5.41) is 4.31. The predicted molar refractivity (Wildman–Crippen MR) is 79.6 cm³/mol. The first-order chi connectivity index (χ1) is 10.3. The van der Waals surface area contributed by atoms with Crippen molar-refractivity contribution in [1.29, 1.82) is 0 Å². The van der Waals surface area contributed by atoms with Crippen LogP contribution in [0.25, 0.3) is 11.1 Å². The molecule has 3 aromatic rings. The van der Waals surface area contributed by atoms with E-state index in [4.69, 9.17) is 4.74 Å². The molecule has 0 amide bonds. The van der Waals surface area contributed by atoms with Gasteiger partial charge < -0.3 is 4.74 Å². The molecule has 1 heterocycles. The normalized spacial score (nSPS) is 10.5. The minimum Gasteiger partial charge on any atom is -0.492 e. The van der Waals surface area contributed by atoms with Crippen molar-refractivity contribution in [3.63, 3.8) is 0 Å². The Morgan fingerprint density at radius 1 is 0.952 bits per heavy atom. The molecule has 0 aliphatic heterocycles. The van der Waals surface area contributed by atoms with Crippen LogP contribution in [-0.2, 0) is 6.54 Å². The third kappa shape index (κ3) is 3.48. The fraction of sp³-hybridized carbons (Fsp3) is 0.118. The number of aromatic nitrogens is 2. The standard InChI is InChI=1S/C17H15FN2O/c18-16-6-8-17(9-7-16)21-11-10-20-13-15(12-19-20)14-4-2-1-3-5-14/h1-9,12-13H,10-11H2. The zero-order chi connectivity index (χ0) is 14.5. The summed E-state index contributed by atoms with van der Waals surface area (Å²) < 4.78 is 20.2. The predicted octanol–water partition coefficient (Wildman–Crippen LogP) is 3.77. The van der Waals surface area contributed by atoms with Gasteiger partial charge >= 0.3 is 0 Å². The number of hydrogen-bond acceptors (Lipinski definition) is 2. The first kappa shape index (κ1) is 13.4. The third-order valence-electron chi connectivity index (χ3n) is 3.14. The number of hydrogen-bond donors (Lipinski definition) is 0. The Labute approximate surface area is 122 Å². The maximum Gasteiger partial charge on any atom is 0.123 e. The van der Waals surface area contributed by atoms with Gasteiger partial charge in [-0.3, -0.25) is 4.68 Å². The lowest BCUT2D eigenvalue weighted by Crippen LogP contribution is -2.08. The second kappa shape index (κ2) is 6.22. The number of ether oxygens (including phenoxy) is 1. The highest BCUT2D eigenvalue weighted by Gasteiger charge is 2.01. The molecule has 0 N–H and O–H groups in total. The Kier molecular flexibility index (Phi) is 3.96. The number of halogens is 1. The van der Waals surface area contributed by atoms with E-state index in [0.717, 1.165) is 11.1 Å². The van der Waals surface area contributed by atoms with Gasteiger partial charge in [0, 0.05) is 11.8 Å². The van der Waals surface area contributed by atoms with Gasteiger partial charge in [0.15, 0.2) is 0 Å². The van der Waals surface area contributed by atoms with E-state index >= 15 is 0 Å². The average molecular weight is 282 g/mol. The van der Waals surface area contributed by atoms with Crippen LogP contribution in [0.2, 0.25) is 0 Å². The zero-order valence-electron chi connectivity index (χ0n) is 11.4. The van der Waals surface area contributed by atoms with Gasteiger partial charge in [-0.2, -0.15) is 5.10 Å². The third-order valence-corrected chi connectivity index (χ3v) is 3.14. The molecule has 0 aliphatic carbocycles. The second-order valence-corrected chi connectivity index (χ2v) is 4.66. The second-order valence-electron chi connectivity index (χ2n) is 4.66. The summed E-state index contributed by atoms with van der Waals surface area (Å²) in [4.78, 5) is 0. The van der Waals surface area contributed by atoms with Gasteiger partial charge in [0.05, 0.1) is 12.7 Å². The van der Waals surface area contributed by atoms with Crippen LogP contribution in [0.15, 0.2) is 67.0 Å². The van der Waals surface area contributed by atoms with E-state index in [1.54, 1.807) is 12.1 Å². The molecule has 0 bridgehead atoms. The summed E-state index contributed by atoms with van der Waals surface area (Å²) in [6.07, 6.45) is 3.83. The Morgan fingerprint density at radius 3 is 2.48 bits per heavy atom. The van der Waals surface area contributed by atoms with E-state index < -0.39 is 0 Å². The van der Waals surface area contributed by atoms with Crippen molar-refractivity contribution in [2.75, 3.05) is 6.61 Å². The lowest BCUT2D eigenvalue weighted by Gasteiger charge is -2.05. The molecule has 3 nitrogen and oxygen atoms in total. The lowest BCUT2D eigenvalue weighted by molar-refractivity contribution is 0.291. The van der Waals surface area contributed by atoms with Crippen LogP contribution in [0, 0.1) is 5.82 Å². The highest BCUT2D eigenvalue weighted by atomic mass is 19.1. The van der Waals surface area contributed by atoms with Crippen molar-refractivity contribution < 1.29 is 9.13 Å². The average Bonchev–Trinajstić information content (AvgIpc) is 2.99. The minimum atomic E-state index is -0.262. The smallest absolute Gasteiger partial charge is 0.123 e. The molecule has 4 heteroatoms. The fourth-order valence-electron chi connectivity index (χ4n) is 2.05. The van der Waals surface area contributed by atoms with Crippen LogP contribution in [0.4, 0.5) is 4.39 Å². The molecule has 0 saturated carbocycles. The summed E-state index contributed by atoms with van der Waals surface area (Å²) >= 11 is 0. The van der Waals surface area contributed by atoms with Gasteiger partial charge in [0.25, 0.3) is 0 Å². The highest BCUT2D eigenvalue weighted by Crippen LogP contribution is 2.17. The first-order valence-electron chi connectivity index (χ1n) is 6.77. The Balaban J connectivity index is 1.57. The summed E-state index contributed by atoms with van der Waals surface area (Å²) in [5.74, 6) is 0.397. The van der Waals surface area contributed by atoms with Crippen LogP contribution in [0.1, 0.15) is 0 Å². The quantitative estimate of drug-likeness (QED) is 0.712. The molecular weight excluding hydrogens is 267 g/mol. The van der Waals surface area contributed by atoms with Crippen LogP contribution in [-0.4, -0.2) is 16.4 Å². The number of rotatable bonds is 5. The lowest BCUT2D eigenvalue weighted by atomic mass is 10.1. The number of benzene rings is 2. The van der Waals surface area contributed by atoms with Crippen LogP contribution in [0.5, 0.6) is 5.75 Å². The van der Waals surface area contributed by atoms with Gasteiger partial charge in [0.1, 0.15) is 18.2 Å². The molecule has 106 valence electrons. The van der Waals surface area contributed by atoms with E-state index in [-0.39, 0.29) is 5.82 Å². The zero-order valence-corrected chi connectivity index (χ0v) is 11.4. The van der Waals surface area contributed by atoms with Crippen molar-refractivity contribution >= 4 is 0 Å². The minimum absolute atomic E-state index is 0.262. The Bertz CT molecular complexity index is 692. The van der Waals surface area contributed by atoms with E-state index in [9.17, 15) is 4.39 Å². The molecule has 0 saturated heterocycles. The van der Waals surface area contributed by atoms with Crippen molar-refractivity contribution in [2.24, 2.45) is 0 Å². The molecule has 0 atom stereocenters. The SMILES string of the molecule is Fc1ccc(OCCn2cc(-c3ccccc3)cn2)cc1. The van der Waals surface area contributed by atoms with Gasteiger partial charge in [-0.25, -0.2) is 4.39 Å². The summed E-state index contributed by atoms with van der Waals surface area (Å²) in [5.41, 5.74) is 2.22. The summed E-state index contributed by atoms with van der Waals surface area (Å²) in [7, 11) is 0. The van der Waals surface area contributed by atoms with Crippen LogP contribution < -0.4 is 4.74 Å². The molecule has 0 fully saturated rings. The van der Waals surface area contributed by atoms with Crippen molar-refractivity contribution in [3.8, 4) is 16.9 Å². The van der Waals surface area contributed by atoms with E-state index in [1.165, 1.54) is 12.1 Å². The summed E-state index contributed by atoms with van der Waals surface area (Å²) in [6.45, 7) is 1.13. The first-order valence-corrected chi connectivity index (χ1v) is 6.77. The van der Waals surface area contributed by atoms with Gasteiger partial charge in [-0.1, -0.05) is 30.3 Å². The topological polar surface area (TPSA) is 27.1 Å². The fourth-order valence-corrected chi connectivity index (χ4v) is 2.05. The molecular formula is C17H15FN2O. The van der Waals surface area contributed by atoms with Crippen LogP contribution in [0.3, 0.4) is 0 Å². The highest BCUT2D eigenvalue weighted by molar-refractivity contribution is 5.61. The maximum absolute atomic E-state index is 12.8. The molecule has 0 aliphatic rings. The maximum atomic E-state index is 12.8. The van der Waals surface area contributed by atoms with Crippen molar-refractivity contribution in [3.05, 3.63) is 72.8 Å². The molecule has 21 heavy (non-hydrogen) atoms. The van der Waals surface area contributed by atoms with Gasteiger partial charge in [-0.05, 0) is 29.8 Å².